The number of carbonyl (C=O) groups excluding carboxylic acids is 1. The first-order valence-electron chi connectivity index (χ1n) is 5.31. The van der Waals surface area contributed by atoms with Crippen molar-refractivity contribution < 1.29 is 18.5 Å². The molecule has 0 aromatic heterocycles. The van der Waals surface area contributed by atoms with Crippen LogP contribution in [-0.2, 0) is 0 Å². The van der Waals surface area contributed by atoms with Gasteiger partial charge in [-0.05, 0) is 12.3 Å². The second kappa shape index (κ2) is 6.46. The molecule has 5 nitrogen and oxygen atoms in total. The van der Waals surface area contributed by atoms with Crippen LogP contribution in [-0.4, -0.2) is 28.9 Å². The highest BCUT2D eigenvalue weighted by Crippen LogP contribution is 2.21. The predicted molar refractivity (Wildman–Crippen MR) is 68.3 cm³/mol. The number of benzene rings is 1. The van der Waals surface area contributed by atoms with Gasteiger partial charge in [0.1, 0.15) is 5.82 Å². The van der Waals surface area contributed by atoms with Crippen LogP contribution in [0.5, 0.6) is 0 Å². The lowest BCUT2D eigenvalue weighted by atomic mass is 10.1. The van der Waals surface area contributed by atoms with Gasteiger partial charge in [-0.2, -0.15) is 16.2 Å². The van der Waals surface area contributed by atoms with Gasteiger partial charge in [0.15, 0.2) is 0 Å². The van der Waals surface area contributed by atoms with Gasteiger partial charge >= 0.3 is 5.69 Å². The lowest BCUT2D eigenvalue weighted by molar-refractivity contribution is -0.387. The molecule has 1 amide bonds. The van der Waals surface area contributed by atoms with Crippen LogP contribution in [0.15, 0.2) is 12.1 Å². The molecule has 1 N–H and O–H groups in total. The number of thioether (sulfide) groups is 1. The first kappa shape index (κ1) is 15.4. The normalized spacial score (nSPS) is 12.0. The van der Waals surface area contributed by atoms with Gasteiger partial charge in [-0.25, -0.2) is 4.39 Å². The van der Waals surface area contributed by atoms with E-state index in [-0.39, 0.29) is 11.8 Å². The molecule has 1 aromatic carbocycles. The average molecular weight is 290 g/mol. The first-order valence-corrected chi connectivity index (χ1v) is 6.60. The fraction of sp³-hybridized carbons (Fsp3) is 0.364. The van der Waals surface area contributed by atoms with Gasteiger partial charge in [0, 0.05) is 11.8 Å². The zero-order chi connectivity index (χ0) is 14.6. The molecule has 0 radical (unpaired) electrons. The number of rotatable bonds is 5. The SMILES string of the molecule is CSC(C)CNC(=O)c1cc(F)c([N+](=O)[O-])cc1F. The molecule has 1 aromatic rings. The van der Waals surface area contributed by atoms with E-state index in [2.05, 4.69) is 5.32 Å². The number of carbonyl (C=O) groups is 1. The van der Waals surface area contributed by atoms with E-state index in [1.165, 1.54) is 11.8 Å². The summed E-state index contributed by atoms with van der Waals surface area (Å²) in [5.74, 6) is -3.16. The van der Waals surface area contributed by atoms with E-state index in [1.807, 2.05) is 13.2 Å². The van der Waals surface area contributed by atoms with Crippen LogP contribution in [0.4, 0.5) is 14.5 Å². The van der Waals surface area contributed by atoms with Crippen molar-refractivity contribution in [1.82, 2.24) is 5.32 Å². The molecular formula is C11H12F2N2O3S. The van der Waals surface area contributed by atoms with Crippen LogP contribution in [0, 0.1) is 21.7 Å². The second-order valence-electron chi connectivity index (χ2n) is 3.80. The summed E-state index contributed by atoms with van der Waals surface area (Å²) in [6, 6.07) is 0.939. The van der Waals surface area contributed by atoms with E-state index >= 15 is 0 Å². The van der Waals surface area contributed by atoms with Crippen molar-refractivity contribution >= 4 is 23.4 Å². The Labute approximate surface area is 112 Å². The number of nitro groups is 1. The lowest BCUT2D eigenvalue weighted by Gasteiger charge is -2.10. The number of amides is 1. The average Bonchev–Trinajstić information content (AvgIpc) is 2.37. The zero-order valence-corrected chi connectivity index (χ0v) is 11.1. The van der Waals surface area contributed by atoms with Gasteiger partial charge in [0.05, 0.1) is 16.6 Å². The summed E-state index contributed by atoms with van der Waals surface area (Å²) in [5.41, 5.74) is -1.54. The number of nitrogens with one attached hydrogen (secondary N) is 1. The number of nitrogens with zero attached hydrogens (tertiary/aromatic N) is 1. The molecule has 8 heteroatoms. The van der Waals surface area contributed by atoms with Crippen LogP contribution in [0.1, 0.15) is 17.3 Å². The molecule has 0 spiro atoms. The van der Waals surface area contributed by atoms with E-state index in [0.29, 0.717) is 12.1 Å². The number of hydrogen-bond donors (Lipinski definition) is 1. The minimum Gasteiger partial charge on any atom is -0.351 e. The number of halogens is 2. The summed E-state index contributed by atoms with van der Waals surface area (Å²) >= 11 is 1.50. The summed E-state index contributed by atoms with van der Waals surface area (Å²) in [4.78, 5) is 21.0. The molecule has 0 aliphatic carbocycles. The summed E-state index contributed by atoms with van der Waals surface area (Å²) in [6.07, 6.45) is 1.85. The van der Waals surface area contributed by atoms with Gasteiger partial charge in [-0.3, -0.25) is 14.9 Å². The first-order chi connectivity index (χ1) is 8.86. The Morgan fingerprint density at radius 3 is 2.63 bits per heavy atom. The monoisotopic (exact) mass is 290 g/mol. The van der Waals surface area contributed by atoms with Crippen molar-refractivity contribution in [2.45, 2.75) is 12.2 Å². The Kier molecular flexibility index (Phi) is 5.22. The highest BCUT2D eigenvalue weighted by atomic mass is 32.2. The van der Waals surface area contributed by atoms with Gasteiger partial charge < -0.3 is 5.32 Å². The quantitative estimate of drug-likeness (QED) is 0.667. The molecule has 0 aliphatic rings. The molecule has 1 atom stereocenters. The van der Waals surface area contributed by atoms with Crippen LogP contribution >= 0.6 is 11.8 Å². The molecule has 0 bridgehead atoms. The highest BCUT2D eigenvalue weighted by molar-refractivity contribution is 7.99. The van der Waals surface area contributed by atoms with Crippen LogP contribution in [0.3, 0.4) is 0 Å². The molecule has 0 saturated carbocycles. The van der Waals surface area contributed by atoms with E-state index in [0.717, 1.165) is 0 Å². The van der Waals surface area contributed by atoms with Crippen molar-refractivity contribution in [2.24, 2.45) is 0 Å². The molecule has 0 fully saturated rings. The number of hydrogen-bond acceptors (Lipinski definition) is 4. The molecular weight excluding hydrogens is 278 g/mol. The maximum atomic E-state index is 13.5. The minimum atomic E-state index is -1.24. The maximum absolute atomic E-state index is 13.5. The maximum Gasteiger partial charge on any atom is 0.307 e. The van der Waals surface area contributed by atoms with E-state index in [4.69, 9.17) is 0 Å². The highest BCUT2D eigenvalue weighted by Gasteiger charge is 2.22. The Balaban J connectivity index is 2.92. The molecule has 0 heterocycles. The third kappa shape index (κ3) is 3.88. The minimum absolute atomic E-state index is 0.120. The summed E-state index contributed by atoms with van der Waals surface area (Å²) in [7, 11) is 0. The molecule has 104 valence electrons. The van der Waals surface area contributed by atoms with Gasteiger partial charge in [0.25, 0.3) is 5.91 Å². The van der Waals surface area contributed by atoms with Gasteiger partial charge in [0.2, 0.25) is 5.82 Å². The second-order valence-corrected chi connectivity index (χ2v) is 5.07. The molecule has 0 saturated heterocycles. The van der Waals surface area contributed by atoms with Crippen LogP contribution in [0.25, 0.3) is 0 Å². The summed E-state index contributed by atoms with van der Waals surface area (Å²) in [5, 5.41) is 13.0. The smallest absolute Gasteiger partial charge is 0.307 e. The van der Waals surface area contributed by atoms with Crippen molar-refractivity contribution in [3.63, 3.8) is 0 Å². The Hall–Kier alpha value is -1.70. The zero-order valence-electron chi connectivity index (χ0n) is 10.3. The van der Waals surface area contributed by atoms with Crippen LogP contribution < -0.4 is 5.32 Å². The fourth-order valence-corrected chi connectivity index (χ4v) is 1.52. The molecule has 1 unspecified atom stereocenters. The topological polar surface area (TPSA) is 72.2 Å². The molecule has 0 aliphatic heterocycles. The van der Waals surface area contributed by atoms with Gasteiger partial charge in [-0.15, -0.1) is 0 Å². The summed E-state index contributed by atoms with van der Waals surface area (Å²) in [6.45, 7) is 2.15. The lowest BCUT2D eigenvalue weighted by Crippen LogP contribution is -2.30. The Morgan fingerprint density at radius 2 is 2.11 bits per heavy atom. The van der Waals surface area contributed by atoms with Gasteiger partial charge in [-0.1, -0.05) is 6.92 Å². The standard InChI is InChI=1S/C11H12F2N2O3S/c1-6(19-2)5-14-11(16)7-3-9(13)10(15(17)18)4-8(7)12/h3-4,6H,5H2,1-2H3,(H,14,16). The van der Waals surface area contributed by atoms with Crippen molar-refractivity contribution in [2.75, 3.05) is 12.8 Å². The third-order valence-electron chi connectivity index (χ3n) is 2.43. The summed E-state index contributed by atoms with van der Waals surface area (Å²) < 4.78 is 26.8. The fourth-order valence-electron chi connectivity index (χ4n) is 1.27. The van der Waals surface area contributed by atoms with Crippen molar-refractivity contribution in [1.29, 1.82) is 0 Å². The Morgan fingerprint density at radius 1 is 1.47 bits per heavy atom. The predicted octanol–water partition coefficient (Wildman–Crippen LogP) is 2.35. The molecule has 1 rings (SSSR count). The largest absolute Gasteiger partial charge is 0.351 e. The number of nitro benzene ring substituents is 1. The van der Waals surface area contributed by atoms with Crippen molar-refractivity contribution in [3.8, 4) is 0 Å². The third-order valence-corrected chi connectivity index (χ3v) is 3.40. The molecule has 19 heavy (non-hydrogen) atoms. The van der Waals surface area contributed by atoms with Crippen molar-refractivity contribution in [3.05, 3.63) is 39.4 Å². The van der Waals surface area contributed by atoms with Crippen LogP contribution in [0.2, 0.25) is 0 Å². The Bertz CT molecular complexity index is 511. The van der Waals surface area contributed by atoms with E-state index in [9.17, 15) is 23.7 Å². The van der Waals surface area contributed by atoms with E-state index in [1.54, 1.807) is 0 Å². The van der Waals surface area contributed by atoms with E-state index < -0.39 is 33.7 Å².